The number of thioether (sulfide) groups is 1. The van der Waals surface area contributed by atoms with E-state index >= 15 is 0 Å². The van der Waals surface area contributed by atoms with Crippen molar-refractivity contribution >= 4 is 17.7 Å². The van der Waals surface area contributed by atoms with Gasteiger partial charge in [-0.2, -0.15) is 5.10 Å². The highest BCUT2D eigenvalue weighted by Gasteiger charge is 2.50. The van der Waals surface area contributed by atoms with Gasteiger partial charge in [0.25, 0.3) is 0 Å². The van der Waals surface area contributed by atoms with Crippen LogP contribution in [0.15, 0.2) is 17.3 Å². The number of carboxylic acids is 1. The van der Waals surface area contributed by atoms with Crippen LogP contribution in [0.4, 0.5) is 0 Å². The van der Waals surface area contributed by atoms with Crippen LogP contribution >= 0.6 is 11.8 Å². The van der Waals surface area contributed by atoms with Gasteiger partial charge < -0.3 is 10.4 Å². The van der Waals surface area contributed by atoms with Crippen molar-refractivity contribution < 1.29 is 9.90 Å². The van der Waals surface area contributed by atoms with E-state index in [1.165, 1.54) is 0 Å². The lowest BCUT2D eigenvalue weighted by Crippen LogP contribution is -2.54. The van der Waals surface area contributed by atoms with Gasteiger partial charge in [0.2, 0.25) is 0 Å². The van der Waals surface area contributed by atoms with Crippen molar-refractivity contribution in [3.8, 4) is 0 Å². The minimum absolute atomic E-state index is 0.258. The van der Waals surface area contributed by atoms with Crippen LogP contribution in [0.1, 0.15) is 12.8 Å². The lowest BCUT2D eigenvalue weighted by Gasteiger charge is -2.28. The molecule has 1 aliphatic carbocycles. The first-order chi connectivity index (χ1) is 8.08. The van der Waals surface area contributed by atoms with Gasteiger partial charge >= 0.3 is 5.97 Å². The molecule has 0 aliphatic heterocycles. The Morgan fingerprint density at radius 1 is 1.76 bits per heavy atom. The molecule has 1 fully saturated rings. The number of carboxylic acid groups (broad SMARTS) is 1. The SMILES string of the molecule is CNC(CSc1cnn(C)c1)(C(=O)O)C1CC1. The van der Waals surface area contributed by atoms with Gasteiger partial charge in [-0.15, -0.1) is 11.8 Å². The van der Waals surface area contributed by atoms with Crippen LogP contribution in [-0.2, 0) is 11.8 Å². The fourth-order valence-corrected chi connectivity index (χ4v) is 3.23. The molecule has 17 heavy (non-hydrogen) atoms. The highest BCUT2D eigenvalue weighted by Crippen LogP contribution is 2.42. The van der Waals surface area contributed by atoms with E-state index < -0.39 is 11.5 Å². The van der Waals surface area contributed by atoms with Gasteiger partial charge in [0, 0.05) is 23.9 Å². The summed E-state index contributed by atoms with van der Waals surface area (Å²) in [4.78, 5) is 12.5. The third-order valence-corrected chi connectivity index (χ3v) is 4.39. The molecule has 1 aliphatic rings. The Hall–Kier alpha value is -1.01. The van der Waals surface area contributed by atoms with Crippen LogP contribution in [0.25, 0.3) is 0 Å². The van der Waals surface area contributed by atoms with Crippen LogP contribution in [0.3, 0.4) is 0 Å². The first-order valence-corrected chi connectivity index (χ1v) is 6.61. The first kappa shape index (κ1) is 12.4. The molecule has 0 bridgehead atoms. The van der Waals surface area contributed by atoms with E-state index in [-0.39, 0.29) is 5.92 Å². The van der Waals surface area contributed by atoms with Crippen molar-refractivity contribution in [2.24, 2.45) is 13.0 Å². The van der Waals surface area contributed by atoms with Crippen molar-refractivity contribution in [1.29, 1.82) is 0 Å². The first-order valence-electron chi connectivity index (χ1n) is 5.62. The Kier molecular flexibility index (Phi) is 3.44. The molecule has 5 nitrogen and oxygen atoms in total. The van der Waals surface area contributed by atoms with Crippen LogP contribution < -0.4 is 5.32 Å². The van der Waals surface area contributed by atoms with Crippen molar-refractivity contribution in [1.82, 2.24) is 15.1 Å². The van der Waals surface area contributed by atoms with Crippen LogP contribution in [0.5, 0.6) is 0 Å². The Morgan fingerprint density at radius 2 is 2.47 bits per heavy atom. The molecule has 1 unspecified atom stereocenters. The molecule has 1 aromatic rings. The van der Waals surface area contributed by atoms with Gasteiger partial charge in [0.05, 0.1) is 6.20 Å². The van der Waals surface area contributed by atoms with Crippen LogP contribution in [-0.4, -0.2) is 39.2 Å². The monoisotopic (exact) mass is 255 g/mol. The summed E-state index contributed by atoms with van der Waals surface area (Å²) in [7, 11) is 3.59. The lowest BCUT2D eigenvalue weighted by molar-refractivity contribution is -0.144. The summed E-state index contributed by atoms with van der Waals surface area (Å²) in [6.07, 6.45) is 5.67. The quantitative estimate of drug-likeness (QED) is 0.741. The zero-order chi connectivity index (χ0) is 12.5. The summed E-state index contributed by atoms with van der Waals surface area (Å²) in [5.41, 5.74) is -0.791. The average Bonchev–Trinajstić information content (AvgIpc) is 3.04. The number of nitrogens with one attached hydrogen (secondary N) is 1. The lowest BCUT2D eigenvalue weighted by atomic mass is 9.96. The Balaban J connectivity index is 2.05. The van der Waals surface area contributed by atoms with E-state index in [1.807, 2.05) is 13.2 Å². The molecule has 2 rings (SSSR count). The highest BCUT2D eigenvalue weighted by atomic mass is 32.2. The summed E-state index contributed by atoms with van der Waals surface area (Å²) in [5.74, 6) is 0.0444. The Bertz CT molecular complexity index is 417. The summed E-state index contributed by atoms with van der Waals surface area (Å²) < 4.78 is 1.72. The molecule has 1 atom stereocenters. The van der Waals surface area contributed by atoms with Crippen LogP contribution in [0, 0.1) is 5.92 Å². The second-order valence-corrected chi connectivity index (χ2v) is 5.49. The standard InChI is InChI=1S/C11H17N3O2S/c1-12-11(10(15)16,8-3-4-8)7-17-9-5-13-14(2)6-9/h5-6,8,12H,3-4,7H2,1-2H3,(H,15,16). The maximum Gasteiger partial charge on any atom is 0.325 e. The molecule has 0 spiro atoms. The summed E-state index contributed by atoms with van der Waals surface area (Å²) >= 11 is 1.54. The number of likely N-dealkylation sites (N-methyl/N-ethyl adjacent to an activating group) is 1. The minimum atomic E-state index is -0.791. The molecular formula is C11H17N3O2S. The minimum Gasteiger partial charge on any atom is -0.480 e. The topological polar surface area (TPSA) is 67.2 Å². The van der Waals surface area contributed by atoms with Gasteiger partial charge in [0.1, 0.15) is 5.54 Å². The smallest absolute Gasteiger partial charge is 0.325 e. The van der Waals surface area contributed by atoms with Crippen molar-refractivity contribution in [3.63, 3.8) is 0 Å². The predicted molar refractivity (Wildman–Crippen MR) is 66.1 cm³/mol. The van der Waals surface area contributed by atoms with E-state index in [1.54, 1.807) is 29.7 Å². The molecule has 2 N–H and O–H groups in total. The molecule has 1 aromatic heterocycles. The second kappa shape index (κ2) is 4.70. The molecule has 0 amide bonds. The largest absolute Gasteiger partial charge is 0.480 e. The zero-order valence-corrected chi connectivity index (χ0v) is 10.8. The summed E-state index contributed by atoms with van der Waals surface area (Å²) in [6.45, 7) is 0. The normalized spacial score (nSPS) is 18.9. The van der Waals surface area contributed by atoms with Gasteiger partial charge in [-0.25, -0.2) is 0 Å². The Morgan fingerprint density at radius 3 is 2.88 bits per heavy atom. The highest BCUT2D eigenvalue weighted by molar-refractivity contribution is 7.99. The summed E-state index contributed by atoms with van der Waals surface area (Å²) in [5, 5.41) is 16.5. The molecule has 94 valence electrons. The number of carbonyl (C=O) groups is 1. The van der Waals surface area contributed by atoms with Crippen molar-refractivity contribution in [2.45, 2.75) is 23.3 Å². The summed E-state index contributed by atoms with van der Waals surface area (Å²) in [6, 6.07) is 0. The molecular weight excluding hydrogens is 238 g/mol. The Labute approximate surface area is 105 Å². The zero-order valence-electron chi connectivity index (χ0n) is 10.0. The number of hydrogen-bond acceptors (Lipinski definition) is 4. The molecule has 1 saturated carbocycles. The van der Waals surface area contributed by atoms with Crippen molar-refractivity contribution in [2.75, 3.05) is 12.8 Å². The van der Waals surface area contributed by atoms with E-state index in [4.69, 9.17) is 0 Å². The average molecular weight is 255 g/mol. The third kappa shape index (κ3) is 2.47. The number of hydrogen-bond donors (Lipinski definition) is 2. The number of nitrogens with zero attached hydrogens (tertiary/aromatic N) is 2. The van der Waals surface area contributed by atoms with Gasteiger partial charge in [0.15, 0.2) is 0 Å². The van der Waals surface area contributed by atoms with Crippen LogP contribution in [0.2, 0.25) is 0 Å². The van der Waals surface area contributed by atoms with E-state index in [2.05, 4.69) is 10.4 Å². The molecule has 1 heterocycles. The third-order valence-electron chi connectivity index (χ3n) is 3.25. The van der Waals surface area contributed by atoms with Gasteiger partial charge in [-0.1, -0.05) is 0 Å². The fourth-order valence-electron chi connectivity index (χ4n) is 1.98. The maximum atomic E-state index is 11.5. The predicted octanol–water partition coefficient (Wildman–Crippen LogP) is 0.965. The fraction of sp³-hybridized carbons (Fsp3) is 0.636. The molecule has 0 saturated heterocycles. The van der Waals surface area contributed by atoms with Crippen molar-refractivity contribution in [3.05, 3.63) is 12.4 Å². The number of aryl methyl sites for hydroxylation is 1. The molecule has 0 radical (unpaired) electrons. The number of rotatable bonds is 6. The van der Waals surface area contributed by atoms with E-state index in [0.29, 0.717) is 5.75 Å². The number of aliphatic carboxylic acids is 1. The number of aromatic nitrogens is 2. The van der Waals surface area contributed by atoms with E-state index in [9.17, 15) is 9.90 Å². The van der Waals surface area contributed by atoms with Gasteiger partial charge in [-0.05, 0) is 25.8 Å². The molecule has 0 aromatic carbocycles. The second-order valence-electron chi connectivity index (χ2n) is 4.44. The van der Waals surface area contributed by atoms with E-state index in [0.717, 1.165) is 17.7 Å². The maximum absolute atomic E-state index is 11.5. The van der Waals surface area contributed by atoms with Gasteiger partial charge in [-0.3, -0.25) is 9.48 Å². The molecule has 6 heteroatoms.